The highest BCUT2D eigenvalue weighted by Gasteiger charge is 2.17. The van der Waals surface area contributed by atoms with Crippen LogP contribution in [0.15, 0.2) is 18.2 Å². The van der Waals surface area contributed by atoms with E-state index in [2.05, 4.69) is 12.2 Å². The molecule has 3 heteroatoms. The number of ether oxygens (including phenoxy) is 1. The number of unbranched alkanes of at least 4 members (excludes halogenated alkanes) is 1. The van der Waals surface area contributed by atoms with Crippen molar-refractivity contribution in [2.75, 3.05) is 13.2 Å². The summed E-state index contributed by atoms with van der Waals surface area (Å²) < 4.78 is 5.64. The standard InChI is InChI=1S/C14H21NO2/c1-2-3-7-17-13-9-11(8-12(16)10-13)14-5-4-6-15-14/h8-10,14-16H,2-7H2,1H3. The summed E-state index contributed by atoms with van der Waals surface area (Å²) >= 11 is 0. The molecular weight excluding hydrogens is 214 g/mol. The summed E-state index contributed by atoms with van der Waals surface area (Å²) in [6.07, 6.45) is 4.51. The molecule has 1 fully saturated rings. The van der Waals surface area contributed by atoms with Crippen molar-refractivity contribution in [3.8, 4) is 11.5 Å². The lowest BCUT2D eigenvalue weighted by Crippen LogP contribution is -2.12. The first-order chi connectivity index (χ1) is 8.29. The van der Waals surface area contributed by atoms with Crippen LogP contribution in [0.25, 0.3) is 0 Å². The van der Waals surface area contributed by atoms with E-state index in [0.717, 1.165) is 43.7 Å². The fraction of sp³-hybridized carbons (Fsp3) is 0.571. The summed E-state index contributed by atoms with van der Waals surface area (Å²) in [5, 5.41) is 13.1. The predicted octanol–water partition coefficient (Wildman–Crippen LogP) is 3.00. The molecule has 0 amide bonds. The monoisotopic (exact) mass is 235 g/mol. The molecule has 2 N–H and O–H groups in total. The average molecular weight is 235 g/mol. The predicted molar refractivity (Wildman–Crippen MR) is 68.5 cm³/mol. The van der Waals surface area contributed by atoms with E-state index >= 15 is 0 Å². The largest absolute Gasteiger partial charge is 0.508 e. The molecule has 0 saturated carbocycles. The fourth-order valence-electron chi connectivity index (χ4n) is 2.19. The van der Waals surface area contributed by atoms with Crippen LogP contribution in [0.2, 0.25) is 0 Å². The third-order valence-electron chi connectivity index (χ3n) is 3.14. The van der Waals surface area contributed by atoms with E-state index in [1.165, 1.54) is 6.42 Å². The summed E-state index contributed by atoms with van der Waals surface area (Å²) in [7, 11) is 0. The van der Waals surface area contributed by atoms with Gasteiger partial charge in [0, 0.05) is 12.1 Å². The first-order valence-corrected chi connectivity index (χ1v) is 6.49. The van der Waals surface area contributed by atoms with E-state index in [4.69, 9.17) is 4.74 Å². The molecule has 1 aliphatic heterocycles. The molecular formula is C14H21NO2. The Morgan fingerprint density at radius 3 is 3.00 bits per heavy atom. The Hall–Kier alpha value is -1.22. The first kappa shape index (κ1) is 12.2. The number of phenolic OH excluding ortho intramolecular Hbond substituents is 1. The van der Waals surface area contributed by atoms with Gasteiger partial charge in [-0.25, -0.2) is 0 Å². The number of rotatable bonds is 5. The maximum absolute atomic E-state index is 9.70. The summed E-state index contributed by atoms with van der Waals surface area (Å²) in [5.41, 5.74) is 1.13. The van der Waals surface area contributed by atoms with Gasteiger partial charge in [-0.3, -0.25) is 0 Å². The molecule has 94 valence electrons. The van der Waals surface area contributed by atoms with E-state index in [1.54, 1.807) is 6.07 Å². The number of aromatic hydroxyl groups is 1. The zero-order valence-corrected chi connectivity index (χ0v) is 10.4. The van der Waals surface area contributed by atoms with Crippen LogP contribution in [-0.4, -0.2) is 18.3 Å². The molecule has 0 aromatic heterocycles. The molecule has 1 saturated heterocycles. The average Bonchev–Trinajstić information content (AvgIpc) is 2.82. The number of hydrogen-bond acceptors (Lipinski definition) is 3. The summed E-state index contributed by atoms with van der Waals surface area (Å²) in [4.78, 5) is 0. The SMILES string of the molecule is CCCCOc1cc(O)cc(C2CCCN2)c1. The van der Waals surface area contributed by atoms with Gasteiger partial charge < -0.3 is 15.2 Å². The quantitative estimate of drug-likeness (QED) is 0.771. The van der Waals surface area contributed by atoms with Crippen molar-refractivity contribution < 1.29 is 9.84 Å². The van der Waals surface area contributed by atoms with Crippen LogP contribution in [0.5, 0.6) is 11.5 Å². The highest BCUT2D eigenvalue weighted by atomic mass is 16.5. The van der Waals surface area contributed by atoms with E-state index in [-0.39, 0.29) is 0 Å². The summed E-state index contributed by atoms with van der Waals surface area (Å²) in [5.74, 6) is 1.07. The van der Waals surface area contributed by atoms with Crippen LogP contribution in [0.3, 0.4) is 0 Å². The Morgan fingerprint density at radius 1 is 1.41 bits per heavy atom. The van der Waals surface area contributed by atoms with Crippen LogP contribution in [0, 0.1) is 0 Å². The van der Waals surface area contributed by atoms with Gasteiger partial charge in [0.05, 0.1) is 6.61 Å². The van der Waals surface area contributed by atoms with Gasteiger partial charge in [-0.2, -0.15) is 0 Å². The Balaban J connectivity index is 2.05. The number of benzene rings is 1. The van der Waals surface area contributed by atoms with Gasteiger partial charge in [0.25, 0.3) is 0 Å². The minimum atomic E-state index is 0.294. The second kappa shape index (κ2) is 5.92. The van der Waals surface area contributed by atoms with E-state index in [9.17, 15) is 5.11 Å². The number of phenols is 1. The summed E-state index contributed by atoms with van der Waals surface area (Å²) in [6, 6.07) is 5.93. The fourth-order valence-corrected chi connectivity index (χ4v) is 2.19. The molecule has 1 aliphatic rings. The van der Waals surface area contributed by atoms with E-state index in [1.807, 2.05) is 12.1 Å². The van der Waals surface area contributed by atoms with Gasteiger partial charge in [-0.1, -0.05) is 13.3 Å². The Bertz CT molecular complexity index is 359. The smallest absolute Gasteiger partial charge is 0.123 e. The highest BCUT2D eigenvalue weighted by molar-refractivity contribution is 5.39. The normalized spacial score (nSPS) is 19.5. The van der Waals surface area contributed by atoms with Crippen molar-refractivity contribution in [3.63, 3.8) is 0 Å². The zero-order chi connectivity index (χ0) is 12.1. The molecule has 0 radical (unpaired) electrons. The molecule has 1 unspecified atom stereocenters. The highest BCUT2D eigenvalue weighted by Crippen LogP contribution is 2.30. The Labute approximate surface area is 103 Å². The van der Waals surface area contributed by atoms with Crippen LogP contribution in [0.1, 0.15) is 44.2 Å². The minimum absolute atomic E-state index is 0.294. The van der Waals surface area contributed by atoms with Crippen LogP contribution in [-0.2, 0) is 0 Å². The van der Waals surface area contributed by atoms with E-state index in [0.29, 0.717) is 11.8 Å². The number of nitrogens with one attached hydrogen (secondary N) is 1. The van der Waals surface area contributed by atoms with Crippen molar-refractivity contribution in [1.29, 1.82) is 0 Å². The van der Waals surface area contributed by atoms with Crippen molar-refractivity contribution >= 4 is 0 Å². The lowest BCUT2D eigenvalue weighted by molar-refractivity contribution is 0.307. The van der Waals surface area contributed by atoms with Crippen molar-refractivity contribution in [1.82, 2.24) is 5.32 Å². The van der Waals surface area contributed by atoms with Gasteiger partial charge >= 0.3 is 0 Å². The third-order valence-corrected chi connectivity index (χ3v) is 3.14. The second-order valence-electron chi connectivity index (χ2n) is 4.61. The van der Waals surface area contributed by atoms with Gasteiger partial charge in [-0.15, -0.1) is 0 Å². The maximum atomic E-state index is 9.70. The first-order valence-electron chi connectivity index (χ1n) is 6.49. The summed E-state index contributed by atoms with van der Waals surface area (Å²) in [6.45, 7) is 3.92. The lowest BCUT2D eigenvalue weighted by Gasteiger charge is -2.13. The van der Waals surface area contributed by atoms with Gasteiger partial charge in [0.15, 0.2) is 0 Å². The van der Waals surface area contributed by atoms with Gasteiger partial charge in [0.1, 0.15) is 11.5 Å². The molecule has 0 aliphatic carbocycles. The van der Waals surface area contributed by atoms with Crippen molar-refractivity contribution in [2.45, 2.75) is 38.6 Å². The molecule has 17 heavy (non-hydrogen) atoms. The Kier molecular flexibility index (Phi) is 4.26. The molecule has 0 spiro atoms. The zero-order valence-electron chi connectivity index (χ0n) is 10.4. The second-order valence-corrected chi connectivity index (χ2v) is 4.61. The molecule has 1 heterocycles. The third kappa shape index (κ3) is 3.37. The topological polar surface area (TPSA) is 41.5 Å². The molecule has 1 aromatic carbocycles. The van der Waals surface area contributed by atoms with E-state index < -0.39 is 0 Å². The van der Waals surface area contributed by atoms with Gasteiger partial charge in [-0.05, 0) is 43.5 Å². The molecule has 3 nitrogen and oxygen atoms in total. The molecule has 1 aromatic rings. The minimum Gasteiger partial charge on any atom is -0.508 e. The molecule has 1 atom stereocenters. The van der Waals surface area contributed by atoms with Gasteiger partial charge in [0.2, 0.25) is 0 Å². The number of hydrogen-bond donors (Lipinski definition) is 2. The van der Waals surface area contributed by atoms with Crippen LogP contribution >= 0.6 is 0 Å². The molecule has 2 rings (SSSR count). The molecule has 0 bridgehead atoms. The van der Waals surface area contributed by atoms with Crippen LogP contribution < -0.4 is 10.1 Å². The van der Waals surface area contributed by atoms with Crippen molar-refractivity contribution in [2.24, 2.45) is 0 Å². The van der Waals surface area contributed by atoms with Crippen molar-refractivity contribution in [3.05, 3.63) is 23.8 Å². The Morgan fingerprint density at radius 2 is 2.29 bits per heavy atom. The van der Waals surface area contributed by atoms with Crippen LogP contribution in [0.4, 0.5) is 0 Å². The lowest BCUT2D eigenvalue weighted by atomic mass is 10.0. The maximum Gasteiger partial charge on any atom is 0.123 e.